The number of methoxy groups -OCH3 is 1. The van der Waals surface area contributed by atoms with E-state index in [2.05, 4.69) is 14.8 Å². The molecule has 0 N–H and O–H groups in total. The largest absolute Gasteiger partial charge is 0.466 e. The Morgan fingerprint density at radius 2 is 1.45 bits per heavy atom. The minimum absolute atomic E-state index is 0.266. The van der Waals surface area contributed by atoms with Crippen LogP contribution >= 0.6 is 0 Å². The molecule has 0 amide bonds. The molecular formula is C17H31N3O2. The fourth-order valence-corrected chi connectivity index (χ4v) is 2.33. The molecule has 5 nitrogen and oxygen atoms in total. The van der Waals surface area contributed by atoms with Gasteiger partial charge in [0.25, 0.3) is 0 Å². The lowest BCUT2D eigenvalue weighted by Crippen LogP contribution is -1.93. The molecule has 0 aromatic heterocycles. The normalized spacial score (nSPS) is 10.6. The molecule has 126 valence electrons. The topological polar surface area (TPSA) is 75.1 Å². The van der Waals surface area contributed by atoms with E-state index in [4.69, 9.17) is 5.53 Å². The third kappa shape index (κ3) is 16.6. The molecule has 0 rings (SSSR count). The van der Waals surface area contributed by atoms with Crippen LogP contribution in [-0.4, -0.2) is 19.6 Å². The van der Waals surface area contributed by atoms with E-state index in [1.807, 2.05) is 6.08 Å². The van der Waals surface area contributed by atoms with Gasteiger partial charge in [-0.3, -0.25) is 0 Å². The summed E-state index contributed by atoms with van der Waals surface area (Å²) >= 11 is 0. The van der Waals surface area contributed by atoms with Crippen molar-refractivity contribution in [2.24, 2.45) is 5.11 Å². The molecule has 0 atom stereocenters. The smallest absolute Gasteiger partial charge is 0.330 e. The van der Waals surface area contributed by atoms with Gasteiger partial charge in [0, 0.05) is 17.5 Å². The molecule has 0 aliphatic carbocycles. The van der Waals surface area contributed by atoms with Crippen LogP contribution in [0.5, 0.6) is 0 Å². The number of hydrogen-bond acceptors (Lipinski definition) is 3. The first-order chi connectivity index (χ1) is 10.8. The van der Waals surface area contributed by atoms with Crippen molar-refractivity contribution >= 4 is 5.97 Å². The van der Waals surface area contributed by atoms with Gasteiger partial charge in [-0.25, -0.2) is 4.79 Å². The van der Waals surface area contributed by atoms with E-state index in [1.54, 1.807) is 0 Å². The highest BCUT2D eigenvalue weighted by Gasteiger charge is 1.94. The highest BCUT2D eigenvalue weighted by Crippen LogP contribution is 2.12. The first-order valence-electron chi connectivity index (χ1n) is 8.56. The van der Waals surface area contributed by atoms with Crippen LogP contribution in [0.1, 0.15) is 77.0 Å². The van der Waals surface area contributed by atoms with E-state index >= 15 is 0 Å². The van der Waals surface area contributed by atoms with Crippen molar-refractivity contribution in [2.45, 2.75) is 77.0 Å². The van der Waals surface area contributed by atoms with E-state index in [-0.39, 0.29) is 5.97 Å². The average Bonchev–Trinajstić information content (AvgIpc) is 2.54. The number of carbonyl (C=O) groups is 1. The SMILES string of the molecule is COC(=O)C=CCCCCCCCCCCCCCN=[N+]=[N-]. The van der Waals surface area contributed by atoms with E-state index in [1.165, 1.54) is 71.0 Å². The molecule has 0 saturated heterocycles. The zero-order chi connectivity index (χ0) is 16.3. The van der Waals surface area contributed by atoms with Crippen LogP contribution in [0.25, 0.3) is 10.4 Å². The molecule has 0 aromatic carbocycles. The molecule has 0 fully saturated rings. The van der Waals surface area contributed by atoms with Crippen LogP contribution in [0, 0.1) is 0 Å². The monoisotopic (exact) mass is 309 g/mol. The molecule has 0 heterocycles. The van der Waals surface area contributed by atoms with Gasteiger partial charge >= 0.3 is 5.97 Å². The maximum atomic E-state index is 10.8. The Morgan fingerprint density at radius 1 is 0.955 bits per heavy atom. The van der Waals surface area contributed by atoms with Crippen molar-refractivity contribution in [2.75, 3.05) is 13.7 Å². The summed E-state index contributed by atoms with van der Waals surface area (Å²) in [4.78, 5) is 13.6. The van der Waals surface area contributed by atoms with Gasteiger partial charge in [0.15, 0.2) is 0 Å². The second-order valence-electron chi connectivity index (χ2n) is 5.56. The lowest BCUT2D eigenvalue weighted by atomic mass is 10.1. The third-order valence-electron chi connectivity index (χ3n) is 3.65. The Hall–Kier alpha value is -1.48. The zero-order valence-corrected chi connectivity index (χ0v) is 14.0. The zero-order valence-electron chi connectivity index (χ0n) is 14.0. The molecule has 0 saturated carbocycles. The van der Waals surface area contributed by atoms with Gasteiger partial charge in [-0.15, -0.1) is 0 Å². The quantitative estimate of drug-likeness (QED) is 0.0970. The van der Waals surface area contributed by atoms with E-state index in [9.17, 15) is 4.79 Å². The molecule has 0 radical (unpaired) electrons. The average molecular weight is 309 g/mol. The molecule has 22 heavy (non-hydrogen) atoms. The molecule has 5 heteroatoms. The van der Waals surface area contributed by atoms with Gasteiger partial charge in [0.2, 0.25) is 0 Å². The number of hydrogen-bond donors (Lipinski definition) is 0. The summed E-state index contributed by atoms with van der Waals surface area (Å²) in [6.07, 6.45) is 18.1. The number of esters is 1. The van der Waals surface area contributed by atoms with Crippen LogP contribution in [0.2, 0.25) is 0 Å². The summed E-state index contributed by atoms with van der Waals surface area (Å²) in [6.45, 7) is 0.644. The van der Waals surface area contributed by atoms with Crippen molar-refractivity contribution in [1.29, 1.82) is 0 Å². The molecule has 0 spiro atoms. The highest BCUT2D eigenvalue weighted by atomic mass is 16.5. The third-order valence-corrected chi connectivity index (χ3v) is 3.65. The van der Waals surface area contributed by atoms with Crippen LogP contribution in [0.3, 0.4) is 0 Å². The van der Waals surface area contributed by atoms with Crippen LogP contribution in [-0.2, 0) is 9.53 Å². The number of allylic oxidation sites excluding steroid dienone is 1. The fraction of sp³-hybridized carbons (Fsp3) is 0.824. The standard InChI is InChI=1S/C17H31N3O2/c1-22-17(21)15-13-11-9-7-5-3-2-4-6-8-10-12-14-16-19-20-18/h13,15H,2-12,14,16H2,1H3. The van der Waals surface area contributed by atoms with E-state index < -0.39 is 0 Å². The van der Waals surface area contributed by atoms with E-state index in [0.29, 0.717) is 6.54 Å². The Morgan fingerprint density at radius 3 is 1.95 bits per heavy atom. The maximum Gasteiger partial charge on any atom is 0.330 e. The minimum Gasteiger partial charge on any atom is -0.466 e. The van der Waals surface area contributed by atoms with Gasteiger partial charge in [0.05, 0.1) is 7.11 Å². The van der Waals surface area contributed by atoms with Crippen molar-refractivity contribution in [3.05, 3.63) is 22.6 Å². The predicted molar refractivity (Wildman–Crippen MR) is 90.6 cm³/mol. The van der Waals surface area contributed by atoms with Crippen LogP contribution in [0.15, 0.2) is 17.3 Å². The highest BCUT2D eigenvalue weighted by molar-refractivity contribution is 5.81. The molecule has 0 aliphatic rings. The summed E-state index contributed by atoms with van der Waals surface area (Å²) in [5.41, 5.74) is 8.14. The number of carbonyl (C=O) groups excluding carboxylic acids is 1. The second-order valence-corrected chi connectivity index (χ2v) is 5.56. The van der Waals surface area contributed by atoms with Crippen LogP contribution in [0.4, 0.5) is 0 Å². The fourth-order valence-electron chi connectivity index (χ4n) is 2.33. The second kappa shape index (κ2) is 17.6. The first kappa shape index (κ1) is 20.5. The molecule has 0 aliphatic heterocycles. The Kier molecular flexibility index (Phi) is 16.4. The lowest BCUT2D eigenvalue weighted by molar-refractivity contribution is -0.134. The number of nitrogens with zero attached hydrogens (tertiary/aromatic N) is 3. The lowest BCUT2D eigenvalue weighted by Gasteiger charge is -2.02. The Balaban J connectivity index is 3.10. The molecule has 0 aromatic rings. The van der Waals surface area contributed by atoms with Gasteiger partial charge in [-0.2, -0.15) is 0 Å². The summed E-state index contributed by atoms with van der Waals surface area (Å²) in [5, 5.41) is 3.53. The van der Waals surface area contributed by atoms with Gasteiger partial charge in [0.1, 0.15) is 0 Å². The van der Waals surface area contributed by atoms with Crippen molar-refractivity contribution in [3.63, 3.8) is 0 Å². The van der Waals surface area contributed by atoms with Gasteiger partial charge in [-0.05, 0) is 24.8 Å². The van der Waals surface area contributed by atoms with Gasteiger partial charge < -0.3 is 4.74 Å². The Bertz CT molecular complexity index is 337. The number of ether oxygens (including phenoxy) is 1. The van der Waals surface area contributed by atoms with Crippen molar-refractivity contribution < 1.29 is 9.53 Å². The van der Waals surface area contributed by atoms with Crippen molar-refractivity contribution in [3.8, 4) is 0 Å². The Labute approximate surface area is 134 Å². The molecule has 0 unspecified atom stereocenters. The predicted octanol–water partition coefficient (Wildman–Crippen LogP) is 5.71. The van der Waals surface area contributed by atoms with Crippen molar-refractivity contribution in [1.82, 2.24) is 0 Å². The minimum atomic E-state index is -0.266. The van der Waals surface area contributed by atoms with E-state index in [0.717, 1.165) is 19.3 Å². The summed E-state index contributed by atoms with van der Waals surface area (Å²) in [7, 11) is 1.40. The number of azide groups is 1. The maximum absolute atomic E-state index is 10.8. The summed E-state index contributed by atoms with van der Waals surface area (Å²) in [6, 6.07) is 0. The first-order valence-corrected chi connectivity index (χ1v) is 8.56. The van der Waals surface area contributed by atoms with Crippen LogP contribution < -0.4 is 0 Å². The number of rotatable bonds is 15. The molecular weight excluding hydrogens is 278 g/mol. The summed E-state index contributed by atoms with van der Waals surface area (Å²) in [5.74, 6) is -0.266. The van der Waals surface area contributed by atoms with Gasteiger partial charge in [-0.1, -0.05) is 69.0 Å². The molecule has 0 bridgehead atoms. The number of unbranched alkanes of at least 4 members (excludes halogenated alkanes) is 11. The summed E-state index contributed by atoms with van der Waals surface area (Å²) < 4.78 is 4.53.